The van der Waals surface area contributed by atoms with Crippen molar-refractivity contribution >= 4 is 40.9 Å². The summed E-state index contributed by atoms with van der Waals surface area (Å²) in [5.74, 6) is 0.0814. The van der Waals surface area contributed by atoms with E-state index in [2.05, 4.69) is 5.32 Å². The fraction of sp³-hybridized carbons (Fsp3) is 0.533. The number of nitrogens with one attached hydrogen (secondary N) is 1. The van der Waals surface area contributed by atoms with E-state index in [1.165, 1.54) is 31.0 Å². The van der Waals surface area contributed by atoms with E-state index in [0.717, 1.165) is 17.7 Å². The Balaban J connectivity index is 1.91. The first-order valence-corrected chi connectivity index (χ1v) is 8.62. The Morgan fingerprint density at radius 2 is 2.00 bits per heavy atom. The van der Waals surface area contributed by atoms with Crippen LogP contribution in [0.3, 0.4) is 0 Å². The van der Waals surface area contributed by atoms with Gasteiger partial charge in [0.1, 0.15) is 0 Å². The third-order valence-electron chi connectivity index (χ3n) is 3.52. The van der Waals surface area contributed by atoms with Gasteiger partial charge in [-0.3, -0.25) is 4.79 Å². The van der Waals surface area contributed by atoms with Gasteiger partial charge in [0.15, 0.2) is 0 Å². The van der Waals surface area contributed by atoms with Gasteiger partial charge in [0.2, 0.25) is 5.91 Å². The van der Waals surface area contributed by atoms with E-state index in [-0.39, 0.29) is 11.2 Å². The third-order valence-corrected chi connectivity index (χ3v) is 5.35. The highest BCUT2D eigenvalue weighted by Gasteiger charge is 2.21. The highest BCUT2D eigenvalue weighted by atomic mass is 35.5. The fourth-order valence-corrected chi connectivity index (χ4v) is 3.80. The molecule has 1 aromatic rings. The van der Waals surface area contributed by atoms with E-state index in [9.17, 15) is 4.79 Å². The van der Waals surface area contributed by atoms with Crippen molar-refractivity contribution in [3.63, 3.8) is 0 Å². The van der Waals surface area contributed by atoms with Crippen LogP contribution in [0.2, 0.25) is 10.0 Å². The van der Waals surface area contributed by atoms with Gasteiger partial charge in [-0.25, -0.2) is 0 Å². The van der Waals surface area contributed by atoms with Crippen LogP contribution in [0.25, 0.3) is 0 Å². The second-order valence-corrected chi connectivity index (χ2v) is 7.40. The fourth-order valence-electron chi connectivity index (χ4n) is 2.38. The summed E-state index contributed by atoms with van der Waals surface area (Å²) in [5, 5.41) is 4.24. The van der Waals surface area contributed by atoms with Crippen LogP contribution >= 0.6 is 35.0 Å². The molecule has 0 bridgehead atoms. The molecule has 1 atom stereocenters. The smallest absolute Gasteiger partial charge is 0.233 e. The zero-order chi connectivity index (χ0) is 14.5. The lowest BCUT2D eigenvalue weighted by molar-refractivity contribution is -0.121. The van der Waals surface area contributed by atoms with Gasteiger partial charge in [-0.05, 0) is 38.0 Å². The maximum absolute atomic E-state index is 12.2. The van der Waals surface area contributed by atoms with Crippen LogP contribution < -0.4 is 5.32 Å². The topological polar surface area (TPSA) is 29.1 Å². The number of carbonyl (C=O) groups is 1. The number of thioether (sulfide) groups is 1. The van der Waals surface area contributed by atoms with Crippen molar-refractivity contribution in [1.29, 1.82) is 0 Å². The minimum absolute atomic E-state index is 0.0814. The molecule has 0 aliphatic heterocycles. The zero-order valence-electron chi connectivity index (χ0n) is 11.5. The lowest BCUT2D eigenvalue weighted by atomic mass is 9.95. The molecule has 20 heavy (non-hydrogen) atoms. The molecule has 2 nitrogen and oxygen atoms in total. The highest BCUT2D eigenvalue weighted by molar-refractivity contribution is 8.00. The second-order valence-electron chi connectivity index (χ2n) is 5.18. The Morgan fingerprint density at radius 1 is 1.30 bits per heavy atom. The monoisotopic (exact) mass is 331 g/mol. The van der Waals surface area contributed by atoms with Crippen molar-refractivity contribution in [2.24, 2.45) is 0 Å². The molecule has 5 heteroatoms. The zero-order valence-corrected chi connectivity index (χ0v) is 13.8. The Bertz CT molecular complexity index is 475. The molecule has 1 amide bonds. The van der Waals surface area contributed by atoms with Gasteiger partial charge >= 0.3 is 0 Å². The number of rotatable bonds is 4. The average molecular weight is 332 g/mol. The summed E-state index contributed by atoms with van der Waals surface area (Å²) in [4.78, 5) is 13.1. The SMILES string of the molecule is C[C@@H](Sc1cc(Cl)ccc1Cl)C(=O)NC1CCCCC1. The number of hydrogen-bond acceptors (Lipinski definition) is 2. The first kappa shape index (κ1) is 16.0. The number of amides is 1. The molecule has 0 unspecified atom stereocenters. The Hall–Kier alpha value is -0.380. The van der Waals surface area contributed by atoms with E-state index in [4.69, 9.17) is 23.2 Å². The van der Waals surface area contributed by atoms with Gasteiger partial charge in [0.25, 0.3) is 0 Å². The summed E-state index contributed by atoms with van der Waals surface area (Å²) in [5.41, 5.74) is 0. The lowest BCUT2D eigenvalue weighted by Gasteiger charge is -2.24. The molecule has 1 N–H and O–H groups in total. The van der Waals surface area contributed by atoms with Crippen molar-refractivity contribution in [3.05, 3.63) is 28.2 Å². The van der Waals surface area contributed by atoms with Crippen molar-refractivity contribution in [3.8, 4) is 0 Å². The van der Waals surface area contributed by atoms with Crippen molar-refractivity contribution < 1.29 is 4.79 Å². The summed E-state index contributed by atoms with van der Waals surface area (Å²) < 4.78 is 0. The summed E-state index contributed by atoms with van der Waals surface area (Å²) in [6.45, 7) is 1.90. The molecule has 0 spiro atoms. The van der Waals surface area contributed by atoms with E-state index >= 15 is 0 Å². The molecular formula is C15H19Cl2NOS. The number of carbonyl (C=O) groups excluding carboxylic acids is 1. The molecule has 2 rings (SSSR count). The molecule has 1 aromatic carbocycles. The lowest BCUT2D eigenvalue weighted by Crippen LogP contribution is -2.40. The van der Waals surface area contributed by atoms with Crippen LogP contribution in [0, 0.1) is 0 Å². The quantitative estimate of drug-likeness (QED) is 0.793. The summed E-state index contributed by atoms with van der Waals surface area (Å²) in [7, 11) is 0. The van der Waals surface area contributed by atoms with E-state index in [1.807, 2.05) is 6.92 Å². The predicted octanol–water partition coefficient (Wildman–Crippen LogP) is 4.92. The van der Waals surface area contributed by atoms with Gasteiger partial charge in [0, 0.05) is 16.0 Å². The first-order valence-electron chi connectivity index (χ1n) is 6.98. The Morgan fingerprint density at radius 3 is 2.70 bits per heavy atom. The number of benzene rings is 1. The van der Waals surface area contributed by atoms with Crippen LogP contribution in [0.1, 0.15) is 39.0 Å². The van der Waals surface area contributed by atoms with Crippen molar-refractivity contribution in [2.45, 2.75) is 55.2 Å². The minimum Gasteiger partial charge on any atom is -0.352 e. The maximum Gasteiger partial charge on any atom is 0.233 e. The second kappa shape index (κ2) is 7.58. The van der Waals surface area contributed by atoms with Crippen molar-refractivity contribution in [2.75, 3.05) is 0 Å². The minimum atomic E-state index is -0.173. The molecule has 110 valence electrons. The molecule has 0 saturated heterocycles. The molecule has 0 radical (unpaired) electrons. The van der Waals surface area contributed by atoms with Gasteiger partial charge in [-0.1, -0.05) is 42.5 Å². The molecule has 1 aliphatic carbocycles. The van der Waals surface area contributed by atoms with Gasteiger partial charge in [0.05, 0.1) is 10.3 Å². The van der Waals surface area contributed by atoms with Crippen LogP contribution in [-0.2, 0) is 4.79 Å². The van der Waals surface area contributed by atoms with Crippen LogP contribution in [-0.4, -0.2) is 17.2 Å². The van der Waals surface area contributed by atoms with Crippen LogP contribution in [0.15, 0.2) is 23.1 Å². The molecule has 0 heterocycles. The van der Waals surface area contributed by atoms with Crippen LogP contribution in [0.5, 0.6) is 0 Å². The highest BCUT2D eigenvalue weighted by Crippen LogP contribution is 2.32. The van der Waals surface area contributed by atoms with Gasteiger partial charge < -0.3 is 5.32 Å². The predicted molar refractivity (Wildman–Crippen MR) is 86.8 cm³/mol. The summed E-state index contributed by atoms with van der Waals surface area (Å²) >= 11 is 13.5. The van der Waals surface area contributed by atoms with E-state index in [1.54, 1.807) is 18.2 Å². The molecule has 1 saturated carbocycles. The molecule has 1 fully saturated rings. The largest absolute Gasteiger partial charge is 0.352 e. The van der Waals surface area contributed by atoms with Crippen molar-refractivity contribution in [1.82, 2.24) is 5.32 Å². The van der Waals surface area contributed by atoms with E-state index < -0.39 is 0 Å². The van der Waals surface area contributed by atoms with E-state index in [0.29, 0.717) is 16.1 Å². The average Bonchev–Trinajstić information content (AvgIpc) is 2.44. The summed E-state index contributed by atoms with van der Waals surface area (Å²) in [6, 6.07) is 5.66. The number of halogens is 2. The molecule has 1 aliphatic rings. The van der Waals surface area contributed by atoms with Crippen LogP contribution in [0.4, 0.5) is 0 Å². The Kier molecular flexibility index (Phi) is 6.06. The molecular weight excluding hydrogens is 313 g/mol. The first-order chi connectivity index (χ1) is 9.56. The van der Waals surface area contributed by atoms with Gasteiger partial charge in [-0.2, -0.15) is 0 Å². The normalized spacial score (nSPS) is 17.8. The number of hydrogen-bond donors (Lipinski definition) is 1. The third kappa shape index (κ3) is 4.57. The standard InChI is InChI=1S/C15H19Cl2NOS/c1-10(15(19)18-12-5-3-2-4-6-12)20-14-9-11(16)7-8-13(14)17/h7-10,12H,2-6H2,1H3,(H,18,19)/t10-/m1/s1. The molecule has 0 aromatic heterocycles. The maximum atomic E-state index is 12.2. The van der Waals surface area contributed by atoms with Gasteiger partial charge in [-0.15, -0.1) is 11.8 Å². The summed E-state index contributed by atoms with van der Waals surface area (Å²) in [6.07, 6.45) is 5.91. The Labute approximate surface area is 134 Å².